The number of carbonyl (C=O) groups is 1. The normalized spacial score (nSPS) is 27.8. The smallest absolute Gasteiger partial charge is 0.228 e. The molecule has 4 heteroatoms. The first-order valence-corrected chi connectivity index (χ1v) is 5.41. The average molecular weight is 198 g/mol. The van der Waals surface area contributed by atoms with Crippen molar-refractivity contribution in [1.29, 1.82) is 0 Å². The maximum atomic E-state index is 11.8. The van der Waals surface area contributed by atoms with Crippen molar-refractivity contribution in [2.75, 3.05) is 32.8 Å². The van der Waals surface area contributed by atoms with Gasteiger partial charge in [0.25, 0.3) is 0 Å². The average Bonchev–Trinajstić information content (AvgIpc) is 2.50. The molecule has 0 spiro atoms. The molecule has 0 radical (unpaired) electrons. The molecule has 4 nitrogen and oxygen atoms in total. The fourth-order valence-corrected chi connectivity index (χ4v) is 2.17. The zero-order valence-electron chi connectivity index (χ0n) is 8.41. The highest BCUT2D eigenvalue weighted by atomic mass is 16.3. The van der Waals surface area contributed by atoms with Gasteiger partial charge in [-0.25, -0.2) is 0 Å². The van der Waals surface area contributed by atoms with E-state index in [0.29, 0.717) is 11.8 Å². The molecule has 2 heterocycles. The second-order valence-corrected chi connectivity index (χ2v) is 4.31. The Kier molecular flexibility index (Phi) is 3.03. The molecule has 0 saturated carbocycles. The monoisotopic (exact) mass is 198 g/mol. The molecule has 1 amide bonds. The van der Waals surface area contributed by atoms with E-state index in [-0.39, 0.29) is 12.5 Å². The van der Waals surface area contributed by atoms with Gasteiger partial charge in [-0.15, -0.1) is 0 Å². The third-order valence-corrected chi connectivity index (χ3v) is 3.27. The van der Waals surface area contributed by atoms with Crippen LogP contribution >= 0.6 is 0 Å². The minimum absolute atomic E-state index is 0.225. The van der Waals surface area contributed by atoms with E-state index in [1.54, 1.807) is 0 Å². The van der Waals surface area contributed by atoms with Gasteiger partial charge in [0, 0.05) is 32.8 Å². The van der Waals surface area contributed by atoms with Crippen molar-refractivity contribution in [3.8, 4) is 0 Å². The molecule has 2 aliphatic rings. The van der Waals surface area contributed by atoms with E-state index in [9.17, 15) is 4.79 Å². The van der Waals surface area contributed by atoms with E-state index in [1.807, 2.05) is 4.90 Å². The van der Waals surface area contributed by atoms with Crippen LogP contribution in [0.25, 0.3) is 0 Å². The van der Waals surface area contributed by atoms with Crippen LogP contribution in [0.1, 0.15) is 12.8 Å². The zero-order chi connectivity index (χ0) is 9.97. The lowest BCUT2D eigenvalue weighted by atomic mass is 10.0. The van der Waals surface area contributed by atoms with Crippen molar-refractivity contribution < 1.29 is 9.90 Å². The van der Waals surface area contributed by atoms with Gasteiger partial charge in [0.05, 0.1) is 5.92 Å². The van der Waals surface area contributed by atoms with Crippen LogP contribution in [0.15, 0.2) is 0 Å². The standard InChI is InChI=1S/C10H18N2O2/c13-4-2-8-1-3-12(7-8)10(14)9-5-11-6-9/h8-9,11,13H,1-7H2. The summed E-state index contributed by atoms with van der Waals surface area (Å²) in [5.41, 5.74) is 0. The predicted octanol–water partition coefficient (Wildman–Crippen LogP) is -0.563. The second-order valence-electron chi connectivity index (χ2n) is 4.31. The highest BCUT2D eigenvalue weighted by molar-refractivity contribution is 5.80. The van der Waals surface area contributed by atoms with Gasteiger partial charge < -0.3 is 15.3 Å². The van der Waals surface area contributed by atoms with Crippen molar-refractivity contribution in [3.05, 3.63) is 0 Å². The summed E-state index contributed by atoms with van der Waals surface area (Å²) in [6, 6.07) is 0. The van der Waals surface area contributed by atoms with Gasteiger partial charge in [0.15, 0.2) is 0 Å². The molecule has 0 aromatic rings. The summed E-state index contributed by atoms with van der Waals surface area (Å²) >= 11 is 0. The van der Waals surface area contributed by atoms with Crippen LogP contribution in [-0.2, 0) is 4.79 Å². The lowest BCUT2D eigenvalue weighted by Gasteiger charge is -2.30. The second kappa shape index (κ2) is 4.28. The molecule has 1 unspecified atom stereocenters. The van der Waals surface area contributed by atoms with Crippen LogP contribution in [0.4, 0.5) is 0 Å². The van der Waals surface area contributed by atoms with E-state index in [1.165, 1.54) is 0 Å². The van der Waals surface area contributed by atoms with Crippen LogP contribution in [-0.4, -0.2) is 48.7 Å². The van der Waals surface area contributed by atoms with Gasteiger partial charge in [0.2, 0.25) is 5.91 Å². The predicted molar refractivity (Wildman–Crippen MR) is 52.7 cm³/mol. The number of likely N-dealkylation sites (tertiary alicyclic amines) is 1. The number of aliphatic hydroxyl groups excluding tert-OH is 1. The van der Waals surface area contributed by atoms with Crippen LogP contribution < -0.4 is 5.32 Å². The first kappa shape index (κ1) is 9.93. The molecule has 80 valence electrons. The Morgan fingerprint density at radius 1 is 1.50 bits per heavy atom. The first-order valence-electron chi connectivity index (χ1n) is 5.41. The number of carbonyl (C=O) groups excluding carboxylic acids is 1. The molecule has 2 aliphatic heterocycles. The Balaban J connectivity index is 1.79. The fourth-order valence-electron chi connectivity index (χ4n) is 2.17. The largest absolute Gasteiger partial charge is 0.396 e. The number of hydrogen-bond donors (Lipinski definition) is 2. The summed E-state index contributed by atoms with van der Waals surface area (Å²) in [4.78, 5) is 13.8. The summed E-state index contributed by atoms with van der Waals surface area (Å²) < 4.78 is 0. The molecule has 0 bridgehead atoms. The Morgan fingerprint density at radius 2 is 2.29 bits per heavy atom. The minimum atomic E-state index is 0.225. The summed E-state index contributed by atoms with van der Waals surface area (Å²) in [5, 5.41) is 11.9. The Labute approximate surface area is 84.3 Å². The molecule has 0 aliphatic carbocycles. The SMILES string of the molecule is O=C(C1CNC1)N1CCC(CCO)C1. The van der Waals surface area contributed by atoms with Crippen molar-refractivity contribution in [2.24, 2.45) is 11.8 Å². The highest BCUT2D eigenvalue weighted by Crippen LogP contribution is 2.21. The number of nitrogens with one attached hydrogen (secondary N) is 1. The lowest BCUT2D eigenvalue weighted by Crippen LogP contribution is -2.51. The van der Waals surface area contributed by atoms with Crippen LogP contribution in [0.3, 0.4) is 0 Å². The number of amides is 1. The van der Waals surface area contributed by atoms with Crippen LogP contribution in [0.5, 0.6) is 0 Å². The maximum absolute atomic E-state index is 11.8. The summed E-state index contributed by atoms with van der Waals surface area (Å²) in [6.45, 7) is 3.69. The molecule has 2 fully saturated rings. The van der Waals surface area contributed by atoms with Gasteiger partial charge in [-0.2, -0.15) is 0 Å². The molecule has 2 N–H and O–H groups in total. The summed E-state index contributed by atoms with van der Waals surface area (Å²) in [6.07, 6.45) is 1.90. The fraction of sp³-hybridized carbons (Fsp3) is 0.900. The van der Waals surface area contributed by atoms with E-state index < -0.39 is 0 Å². The molecular formula is C10H18N2O2. The van der Waals surface area contributed by atoms with E-state index >= 15 is 0 Å². The Bertz CT molecular complexity index is 216. The minimum Gasteiger partial charge on any atom is -0.396 e. The number of nitrogens with zero attached hydrogens (tertiary/aromatic N) is 1. The Morgan fingerprint density at radius 3 is 2.86 bits per heavy atom. The Hall–Kier alpha value is -0.610. The van der Waals surface area contributed by atoms with Gasteiger partial charge in [-0.05, 0) is 18.8 Å². The molecule has 0 aromatic carbocycles. The van der Waals surface area contributed by atoms with Gasteiger partial charge in [-0.1, -0.05) is 0 Å². The third kappa shape index (κ3) is 1.91. The number of rotatable bonds is 3. The lowest BCUT2D eigenvalue weighted by molar-refractivity contribution is -0.136. The molecule has 1 atom stereocenters. The summed E-state index contributed by atoms with van der Waals surface area (Å²) in [7, 11) is 0. The van der Waals surface area contributed by atoms with Crippen molar-refractivity contribution in [3.63, 3.8) is 0 Å². The highest BCUT2D eigenvalue weighted by Gasteiger charge is 2.33. The molecule has 2 rings (SSSR count). The number of hydrogen-bond acceptors (Lipinski definition) is 3. The van der Waals surface area contributed by atoms with Gasteiger partial charge in [-0.3, -0.25) is 4.79 Å². The third-order valence-electron chi connectivity index (χ3n) is 3.27. The van der Waals surface area contributed by atoms with Crippen molar-refractivity contribution in [2.45, 2.75) is 12.8 Å². The molecule has 0 aromatic heterocycles. The molecular weight excluding hydrogens is 180 g/mol. The molecule has 2 saturated heterocycles. The van der Waals surface area contributed by atoms with Crippen LogP contribution in [0, 0.1) is 11.8 Å². The first-order chi connectivity index (χ1) is 6.81. The van der Waals surface area contributed by atoms with Gasteiger partial charge in [0.1, 0.15) is 0 Å². The van der Waals surface area contributed by atoms with E-state index in [4.69, 9.17) is 5.11 Å². The van der Waals surface area contributed by atoms with E-state index in [0.717, 1.165) is 39.0 Å². The topological polar surface area (TPSA) is 52.6 Å². The maximum Gasteiger partial charge on any atom is 0.228 e. The zero-order valence-corrected chi connectivity index (χ0v) is 8.41. The number of aliphatic hydroxyl groups is 1. The quantitative estimate of drug-likeness (QED) is 0.639. The molecule has 14 heavy (non-hydrogen) atoms. The van der Waals surface area contributed by atoms with Crippen LogP contribution in [0.2, 0.25) is 0 Å². The van der Waals surface area contributed by atoms with Crippen molar-refractivity contribution >= 4 is 5.91 Å². The summed E-state index contributed by atoms with van der Waals surface area (Å²) in [5.74, 6) is 1.06. The van der Waals surface area contributed by atoms with Gasteiger partial charge >= 0.3 is 0 Å². The van der Waals surface area contributed by atoms with Crippen molar-refractivity contribution in [1.82, 2.24) is 10.2 Å². The van der Waals surface area contributed by atoms with E-state index in [2.05, 4.69) is 5.32 Å².